The van der Waals surface area contributed by atoms with Crippen molar-refractivity contribution in [1.82, 2.24) is 5.32 Å². The van der Waals surface area contributed by atoms with E-state index in [9.17, 15) is 4.79 Å². The molecule has 0 saturated carbocycles. The Kier molecular flexibility index (Phi) is 6.67. The largest absolute Gasteiger partial charge is 0.322 e. The Labute approximate surface area is 154 Å². The van der Waals surface area contributed by atoms with E-state index in [0.717, 1.165) is 24.3 Å². The predicted octanol–water partition coefficient (Wildman–Crippen LogP) is 4.79. The van der Waals surface area contributed by atoms with Crippen LogP contribution in [0.15, 0.2) is 42.5 Å². The van der Waals surface area contributed by atoms with Crippen LogP contribution in [-0.2, 0) is 0 Å². The zero-order valence-electron chi connectivity index (χ0n) is 13.6. The quantitative estimate of drug-likeness (QED) is 0.821. The summed E-state index contributed by atoms with van der Waals surface area (Å²) in [6, 6.07) is 13.5. The number of aryl methyl sites for hydroxylation is 1. The predicted molar refractivity (Wildman–Crippen MR) is 103 cm³/mol. The molecule has 0 spiro atoms. The lowest BCUT2D eigenvalue weighted by Gasteiger charge is -2.23. The summed E-state index contributed by atoms with van der Waals surface area (Å²) in [5.74, 6) is 0.434. The maximum atomic E-state index is 12.3. The number of hydrogen-bond donors (Lipinski definition) is 2. The number of piperidine rings is 1. The summed E-state index contributed by atoms with van der Waals surface area (Å²) in [6.07, 6.45) is 2.44. The summed E-state index contributed by atoms with van der Waals surface area (Å²) in [6.45, 7) is 4.07. The number of carbonyl (C=O) groups excluding carboxylic acids is 1. The third-order valence-corrected chi connectivity index (χ3v) is 4.78. The first-order valence-electron chi connectivity index (χ1n) is 8.01. The van der Waals surface area contributed by atoms with E-state index in [1.165, 1.54) is 18.4 Å². The van der Waals surface area contributed by atoms with Gasteiger partial charge in [-0.2, -0.15) is 0 Å². The van der Waals surface area contributed by atoms with Gasteiger partial charge in [-0.15, -0.1) is 12.4 Å². The van der Waals surface area contributed by atoms with Gasteiger partial charge < -0.3 is 10.6 Å². The first-order chi connectivity index (χ1) is 11.1. The van der Waals surface area contributed by atoms with Crippen LogP contribution in [0.3, 0.4) is 0 Å². The number of nitrogens with one attached hydrogen (secondary N) is 2. The Morgan fingerprint density at radius 3 is 2.58 bits per heavy atom. The lowest BCUT2D eigenvalue weighted by molar-refractivity contribution is 0.102. The average molecular weight is 365 g/mol. The van der Waals surface area contributed by atoms with Crippen molar-refractivity contribution in [2.24, 2.45) is 0 Å². The molecule has 5 heteroatoms. The number of rotatable bonds is 3. The first-order valence-corrected chi connectivity index (χ1v) is 8.39. The Morgan fingerprint density at radius 2 is 1.96 bits per heavy atom. The molecular formula is C19H22Cl2N2O. The maximum Gasteiger partial charge on any atom is 0.255 e. The van der Waals surface area contributed by atoms with Crippen molar-refractivity contribution in [2.75, 3.05) is 18.4 Å². The highest BCUT2D eigenvalue weighted by Crippen LogP contribution is 2.24. The van der Waals surface area contributed by atoms with Crippen molar-refractivity contribution < 1.29 is 4.79 Å². The lowest BCUT2D eigenvalue weighted by Crippen LogP contribution is -2.28. The Bertz CT molecular complexity index is 695. The molecule has 1 atom stereocenters. The van der Waals surface area contributed by atoms with Gasteiger partial charge in [0.05, 0.1) is 0 Å². The van der Waals surface area contributed by atoms with Gasteiger partial charge in [0.1, 0.15) is 0 Å². The van der Waals surface area contributed by atoms with Crippen LogP contribution in [0.4, 0.5) is 5.69 Å². The molecule has 3 rings (SSSR count). The number of halogens is 2. The van der Waals surface area contributed by atoms with Crippen LogP contribution >= 0.6 is 24.0 Å². The van der Waals surface area contributed by atoms with Crippen molar-refractivity contribution in [3.05, 3.63) is 64.2 Å². The fourth-order valence-corrected chi connectivity index (χ4v) is 3.09. The van der Waals surface area contributed by atoms with Crippen molar-refractivity contribution >= 4 is 35.6 Å². The molecule has 1 fully saturated rings. The SMILES string of the molecule is Cc1ccc(C(=O)Nc2ccc(C3CCCNC3)cc2)cc1Cl.Cl. The number of amides is 1. The second kappa shape index (κ2) is 8.52. The Balaban J connectivity index is 0.00000208. The summed E-state index contributed by atoms with van der Waals surface area (Å²) in [4.78, 5) is 12.3. The van der Waals surface area contributed by atoms with E-state index in [1.807, 2.05) is 25.1 Å². The summed E-state index contributed by atoms with van der Waals surface area (Å²) < 4.78 is 0. The zero-order valence-corrected chi connectivity index (χ0v) is 15.2. The average Bonchev–Trinajstić information content (AvgIpc) is 2.59. The molecule has 1 saturated heterocycles. The standard InChI is InChI=1S/C19H21ClN2O.ClH/c1-13-4-5-15(11-18(13)20)19(23)22-17-8-6-14(7-9-17)16-3-2-10-21-12-16;/h4-9,11,16,21H,2-3,10,12H2,1H3,(H,22,23);1H. The van der Waals surface area contributed by atoms with Gasteiger partial charge in [0.25, 0.3) is 5.91 Å². The summed E-state index contributed by atoms with van der Waals surface area (Å²) >= 11 is 6.08. The van der Waals surface area contributed by atoms with Crippen LogP contribution in [0.2, 0.25) is 5.02 Å². The highest BCUT2D eigenvalue weighted by molar-refractivity contribution is 6.31. The first kappa shape index (κ1) is 18.8. The summed E-state index contributed by atoms with van der Waals surface area (Å²) in [5.41, 5.74) is 3.67. The van der Waals surface area contributed by atoms with E-state index in [4.69, 9.17) is 11.6 Å². The molecule has 0 aromatic heterocycles. The molecule has 0 aliphatic carbocycles. The zero-order chi connectivity index (χ0) is 16.2. The monoisotopic (exact) mass is 364 g/mol. The Hall–Kier alpha value is -1.55. The number of hydrogen-bond acceptors (Lipinski definition) is 2. The third-order valence-electron chi connectivity index (χ3n) is 4.37. The maximum absolute atomic E-state index is 12.3. The molecule has 1 aliphatic rings. The van der Waals surface area contributed by atoms with Crippen LogP contribution in [-0.4, -0.2) is 19.0 Å². The van der Waals surface area contributed by atoms with E-state index in [1.54, 1.807) is 12.1 Å². The molecule has 1 aliphatic heterocycles. The molecule has 1 amide bonds. The van der Waals surface area contributed by atoms with Crippen molar-refractivity contribution in [2.45, 2.75) is 25.7 Å². The molecular weight excluding hydrogens is 343 g/mol. The molecule has 2 N–H and O–H groups in total. The minimum absolute atomic E-state index is 0. The Morgan fingerprint density at radius 1 is 1.21 bits per heavy atom. The molecule has 1 heterocycles. The van der Waals surface area contributed by atoms with Crippen LogP contribution in [0.1, 0.15) is 40.2 Å². The van der Waals surface area contributed by atoms with Gasteiger partial charge in [-0.25, -0.2) is 0 Å². The van der Waals surface area contributed by atoms with E-state index in [2.05, 4.69) is 22.8 Å². The third kappa shape index (κ3) is 4.50. The molecule has 1 unspecified atom stereocenters. The van der Waals surface area contributed by atoms with E-state index in [-0.39, 0.29) is 18.3 Å². The van der Waals surface area contributed by atoms with Gasteiger partial charge in [0.15, 0.2) is 0 Å². The second-order valence-corrected chi connectivity index (χ2v) is 6.49. The molecule has 24 heavy (non-hydrogen) atoms. The summed E-state index contributed by atoms with van der Waals surface area (Å²) in [5, 5.41) is 6.96. The van der Waals surface area contributed by atoms with Gasteiger partial charge in [-0.1, -0.05) is 29.8 Å². The number of carbonyl (C=O) groups is 1. The minimum atomic E-state index is -0.140. The van der Waals surface area contributed by atoms with Crippen LogP contribution in [0.25, 0.3) is 0 Å². The normalized spacial score (nSPS) is 17.0. The van der Waals surface area contributed by atoms with Gasteiger partial charge in [-0.05, 0) is 67.6 Å². The highest BCUT2D eigenvalue weighted by atomic mass is 35.5. The van der Waals surface area contributed by atoms with Gasteiger partial charge in [0.2, 0.25) is 0 Å². The molecule has 2 aromatic rings. The van der Waals surface area contributed by atoms with Gasteiger partial charge >= 0.3 is 0 Å². The molecule has 2 aromatic carbocycles. The van der Waals surface area contributed by atoms with E-state index in [0.29, 0.717) is 16.5 Å². The molecule has 0 bridgehead atoms. The lowest BCUT2D eigenvalue weighted by atomic mass is 9.91. The summed E-state index contributed by atoms with van der Waals surface area (Å²) in [7, 11) is 0. The van der Waals surface area contributed by atoms with Gasteiger partial charge in [0, 0.05) is 22.8 Å². The highest BCUT2D eigenvalue weighted by Gasteiger charge is 2.15. The molecule has 0 radical (unpaired) electrons. The number of anilines is 1. The molecule has 128 valence electrons. The number of benzene rings is 2. The van der Waals surface area contributed by atoms with Crippen molar-refractivity contribution in [3.63, 3.8) is 0 Å². The van der Waals surface area contributed by atoms with Crippen molar-refractivity contribution in [1.29, 1.82) is 0 Å². The second-order valence-electron chi connectivity index (χ2n) is 6.08. The van der Waals surface area contributed by atoms with Crippen molar-refractivity contribution in [3.8, 4) is 0 Å². The van der Waals surface area contributed by atoms with Crippen LogP contribution < -0.4 is 10.6 Å². The smallest absolute Gasteiger partial charge is 0.255 e. The van der Waals surface area contributed by atoms with Crippen LogP contribution in [0.5, 0.6) is 0 Å². The fourth-order valence-electron chi connectivity index (χ4n) is 2.91. The topological polar surface area (TPSA) is 41.1 Å². The molecule has 3 nitrogen and oxygen atoms in total. The fraction of sp³-hybridized carbons (Fsp3) is 0.316. The van der Waals surface area contributed by atoms with Gasteiger partial charge in [-0.3, -0.25) is 4.79 Å². The van der Waals surface area contributed by atoms with Crippen LogP contribution in [0, 0.1) is 6.92 Å². The van der Waals surface area contributed by atoms with E-state index >= 15 is 0 Å². The minimum Gasteiger partial charge on any atom is -0.322 e. The van der Waals surface area contributed by atoms with E-state index < -0.39 is 0 Å².